The van der Waals surface area contributed by atoms with Crippen LogP contribution in [0.1, 0.15) is 32.8 Å². The Hall–Kier alpha value is -2.73. The number of amidine groups is 1. The first kappa shape index (κ1) is 22.9. The van der Waals surface area contributed by atoms with Gasteiger partial charge < -0.3 is 9.80 Å². The third-order valence-corrected chi connectivity index (χ3v) is 6.62. The molecule has 6 heteroatoms. The van der Waals surface area contributed by atoms with Crippen LogP contribution in [-0.4, -0.2) is 46.1 Å². The smallest absolute Gasteiger partial charge is 0.0927 e. The van der Waals surface area contributed by atoms with E-state index >= 15 is 0 Å². The van der Waals surface area contributed by atoms with Gasteiger partial charge >= 0.3 is 0 Å². The molecule has 3 aromatic rings. The largest absolute Gasteiger partial charge is 0.366 e. The zero-order valence-corrected chi connectivity index (χ0v) is 19.7. The molecule has 1 aliphatic rings. The molecule has 0 aliphatic carbocycles. The summed E-state index contributed by atoms with van der Waals surface area (Å²) in [5, 5.41) is 8.91. The van der Waals surface area contributed by atoms with Gasteiger partial charge in [0.25, 0.3) is 0 Å². The minimum Gasteiger partial charge on any atom is -0.366 e. The number of piperazine rings is 1. The van der Waals surface area contributed by atoms with Crippen LogP contribution in [0.2, 0.25) is 0 Å². The van der Waals surface area contributed by atoms with E-state index in [1.54, 1.807) is 6.20 Å². The monoisotopic (exact) mass is 436 g/mol. The number of para-hydroxylation sites is 1. The van der Waals surface area contributed by atoms with Crippen LogP contribution in [-0.2, 0) is 10.8 Å². The SMILES string of the molecule is CC(=N)N1CCN(c2c(S(=O)c3ccc(C)cc3)cnc3ccccc23)CC1.CCC. The summed E-state index contributed by atoms with van der Waals surface area (Å²) in [6, 6.07) is 15.9. The molecule has 1 N–H and O–H groups in total. The van der Waals surface area contributed by atoms with Gasteiger partial charge in [0.15, 0.2) is 0 Å². The molecule has 0 bridgehead atoms. The van der Waals surface area contributed by atoms with E-state index in [1.165, 1.54) is 6.42 Å². The van der Waals surface area contributed by atoms with Crippen molar-refractivity contribution in [2.45, 2.75) is 43.9 Å². The molecular formula is C25H32N4OS. The van der Waals surface area contributed by atoms with E-state index in [-0.39, 0.29) is 0 Å². The Kier molecular flexibility index (Phi) is 7.80. The average Bonchev–Trinajstić information content (AvgIpc) is 2.79. The quantitative estimate of drug-likeness (QED) is 0.450. The number of nitrogens with one attached hydrogen (secondary N) is 1. The standard InChI is InChI=1S/C22H24N4OS.C3H8/c1-16-7-9-18(10-8-16)28(27)21-15-24-20-6-4-3-5-19(20)22(21)26-13-11-25(12-14-26)17(2)23;1-3-2/h3-10,15,23H,11-14H2,1-2H3;3H2,1-2H3. The minimum absolute atomic E-state index is 0.600. The van der Waals surface area contributed by atoms with Gasteiger partial charge in [-0.05, 0) is 32.0 Å². The Morgan fingerprint density at radius 2 is 1.65 bits per heavy atom. The van der Waals surface area contributed by atoms with Crippen LogP contribution in [0.15, 0.2) is 64.5 Å². The molecule has 1 unspecified atom stereocenters. The topological polar surface area (TPSA) is 60.3 Å². The highest BCUT2D eigenvalue weighted by Crippen LogP contribution is 2.34. The number of nitrogens with zero attached hydrogens (tertiary/aromatic N) is 3. The van der Waals surface area contributed by atoms with E-state index in [0.29, 0.717) is 5.84 Å². The van der Waals surface area contributed by atoms with Crippen LogP contribution >= 0.6 is 0 Å². The van der Waals surface area contributed by atoms with E-state index in [4.69, 9.17) is 5.41 Å². The molecule has 0 spiro atoms. The minimum atomic E-state index is -1.30. The van der Waals surface area contributed by atoms with Crippen LogP contribution in [0.4, 0.5) is 5.69 Å². The molecule has 2 aromatic carbocycles. The van der Waals surface area contributed by atoms with Gasteiger partial charge in [0.05, 0.1) is 32.7 Å². The third kappa shape index (κ3) is 5.31. The van der Waals surface area contributed by atoms with Crippen LogP contribution in [0.3, 0.4) is 0 Å². The maximum absolute atomic E-state index is 13.4. The Labute approximate surface area is 188 Å². The van der Waals surface area contributed by atoms with Gasteiger partial charge in [0.2, 0.25) is 0 Å². The summed E-state index contributed by atoms with van der Waals surface area (Å²) >= 11 is 0. The van der Waals surface area contributed by atoms with E-state index in [0.717, 1.165) is 58.1 Å². The summed E-state index contributed by atoms with van der Waals surface area (Å²) in [5.74, 6) is 0.600. The van der Waals surface area contributed by atoms with Crippen LogP contribution in [0, 0.1) is 12.3 Å². The zero-order chi connectivity index (χ0) is 22.4. The maximum Gasteiger partial charge on any atom is 0.0927 e. The lowest BCUT2D eigenvalue weighted by Crippen LogP contribution is -2.48. The summed E-state index contributed by atoms with van der Waals surface area (Å²) in [4.78, 5) is 10.5. The number of fused-ring (bicyclic) bond motifs is 1. The first-order valence-electron chi connectivity index (χ1n) is 10.9. The summed E-state index contributed by atoms with van der Waals surface area (Å²) in [7, 11) is -1.30. The first-order chi connectivity index (χ1) is 15.0. The number of benzene rings is 2. The molecule has 1 saturated heterocycles. The van der Waals surface area contributed by atoms with Gasteiger partial charge in [-0.15, -0.1) is 0 Å². The summed E-state index contributed by atoms with van der Waals surface area (Å²) in [5.41, 5.74) is 3.07. The first-order valence-corrected chi connectivity index (χ1v) is 12.0. The number of hydrogen-bond acceptors (Lipinski definition) is 4. The fourth-order valence-corrected chi connectivity index (χ4v) is 4.82. The van der Waals surface area contributed by atoms with Gasteiger partial charge in [0, 0.05) is 42.7 Å². The van der Waals surface area contributed by atoms with E-state index in [1.807, 2.05) is 56.3 Å². The van der Waals surface area contributed by atoms with Crippen molar-refractivity contribution in [1.29, 1.82) is 5.41 Å². The maximum atomic E-state index is 13.4. The molecule has 0 saturated carbocycles. The highest BCUT2D eigenvalue weighted by molar-refractivity contribution is 7.85. The van der Waals surface area contributed by atoms with Crippen LogP contribution in [0.25, 0.3) is 10.9 Å². The zero-order valence-electron chi connectivity index (χ0n) is 18.9. The Morgan fingerprint density at radius 1 is 1.03 bits per heavy atom. The molecule has 0 radical (unpaired) electrons. The molecule has 164 valence electrons. The summed E-state index contributed by atoms with van der Waals surface area (Å²) in [6.45, 7) is 11.3. The molecule has 1 aromatic heterocycles. The summed E-state index contributed by atoms with van der Waals surface area (Å²) in [6.07, 6.45) is 3.02. The van der Waals surface area contributed by atoms with Crippen LogP contribution in [0.5, 0.6) is 0 Å². The lowest BCUT2D eigenvalue weighted by molar-refractivity contribution is 0.381. The van der Waals surface area contributed by atoms with Gasteiger partial charge in [-0.1, -0.05) is 56.2 Å². The number of rotatable bonds is 3. The number of hydrogen-bond donors (Lipinski definition) is 1. The fourth-order valence-electron chi connectivity index (χ4n) is 3.62. The predicted molar refractivity (Wildman–Crippen MR) is 131 cm³/mol. The average molecular weight is 437 g/mol. The molecule has 4 rings (SSSR count). The van der Waals surface area contributed by atoms with E-state index in [9.17, 15) is 4.21 Å². The van der Waals surface area contributed by atoms with Crippen LogP contribution < -0.4 is 4.90 Å². The number of aryl methyl sites for hydroxylation is 1. The molecular weight excluding hydrogens is 404 g/mol. The number of anilines is 1. The molecule has 0 amide bonds. The Morgan fingerprint density at radius 3 is 2.26 bits per heavy atom. The van der Waals surface area contributed by atoms with Crippen molar-refractivity contribution in [3.63, 3.8) is 0 Å². The lowest BCUT2D eigenvalue weighted by Gasteiger charge is -2.37. The van der Waals surface area contributed by atoms with Crippen molar-refractivity contribution in [1.82, 2.24) is 9.88 Å². The molecule has 1 atom stereocenters. The highest BCUT2D eigenvalue weighted by atomic mass is 32.2. The van der Waals surface area contributed by atoms with Crippen molar-refractivity contribution in [2.24, 2.45) is 0 Å². The fraction of sp³-hybridized carbons (Fsp3) is 0.360. The lowest BCUT2D eigenvalue weighted by atomic mass is 10.1. The molecule has 1 aliphatic heterocycles. The van der Waals surface area contributed by atoms with Crippen molar-refractivity contribution in [3.05, 3.63) is 60.3 Å². The third-order valence-electron chi connectivity index (χ3n) is 5.22. The molecule has 5 nitrogen and oxygen atoms in total. The second kappa shape index (κ2) is 10.5. The van der Waals surface area contributed by atoms with Crippen molar-refractivity contribution < 1.29 is 4.21 Å². The molecule has 1 fully saturated rings. The summed E-state index contributed by atoms with van der Waals surface area (Å²) < 4.78 is 13.4. The second-order valence-corrected chi connectivity index (χ2v) is 9.29. The Bertz CT molecular complexity index is 1060. The Balaban J connectivity index is 0.000000858. The van der Waals surface area contributed by atoms with E-state index < -0.39 is 10.8 Å². The predicted octanol–water partition coefficient (Wildman–Crippen LogP) is 5.25. The number of aromatic nitrogens is 1. The van der Waals surface area contributed by atoms with Gasteiger partial charge in [0.1, 0.15) is 0 Å². The van der Waals surface area contributed by atoms with Crippen molar-refractivity contribution >= 4 is 33.2 Å². The van der Waals surface area contributed by atoms with Crippen molar-refractivity contribution in [3.8, 4) is 0 Å². The van der Waals surface area contributed by atoms with Gasteiger partial charge in [-0.25, -0.2) is 4.21 Å². The van der Waals surface area contributed by atoms with Gasteiger partial charge in [-0.3, -0.25) is 10.4 Å². The normalized spacial score (nSPS) is 14.7. The van der Waals surface area contributed by atoms with E-state index in [2.05, 4.69) is 34.7 Å². The second-order valence-electron chi connectivity index (χ2n) is 7.84. The number of pyridine rings is 1. The molecule has 31 heavy (non-hydrogen) atoms. The van der Waals surface area contributed by atoms with Crippen molar-refractivity contribution in [2.75, 3.05) is 31.1 Å². The van der Waals surface area contributed by atoms with Gasteiger partial charge in [-0.2, -0.15) is 0 Å². The molecule has 2 heterocycles. The highest BCUT2D eigenvalue weighted by Gasteiger charge is 2.24.